The van der Waals surface area contributed by atoms with E-state index in [1.165, 1.54) is 22.6 Å². The Kier molecular flexibility index (Phi) is 5.16. The van der Waals surface area contributed by atoms with Crippen molar-refractivity contribution in [3.63, 3.8) is 0 Å². The molecule has 27 heavy (non-hydrogen) atoms. The van der Waals surface area contributed by atoms with Crippen LogP contribution in [-0.2, 0) is 10.0 Å². The minimum Gasteiger partial charge on any atom is -0.348 e. The van der Waals surface area contributed by atoms with Gasteiger partial charge in [-0.1, -0.05) is 17.7 Å². The highest BCUT2D eigenvalue weighted by atomic mass is 32.2. The van der Waals surface area contributed by atoms with Crippen molar-refractivity contribution < 1.29 is 13.3 Å². The summed E-state index contributed by atoms with van der Waals surface area (Å²) in [5.74, 6) is 0.280. The van der Waals surface area contributed by atoms with Gasteiger partial charge < -0.3 is 4.90 Å². The molecule has 8 nitrogen and oxygen atoms in total. The van der Waals surface area contributed by atoms with E-state index < -0.39 is 14.9 Å². The number of aryl methyl sites for hydroxylation is 3. The molecular formula is C18H22N4O4S. The number of benzene rings is 1. The highest BCUT2D eigenvalue weighted by Crippen LogP contribution is 2.29. The molecule has 1 saturated heterocycles. The molecule has 9 heteroatoms. The van der Waals surface area contributed by atoms with Crippen molar-refractivity contribution in [2.24, 2.45) is 0 Å². The molecule has 0 atom stereocenters. The fraction of sp³-hybridized carbons (Fsp3) is 0.389. The second-order valence-corrected chi connectivity index (χ2v) is 8.60. The van der Waals surface area contributed by atoms with Crippen LogP contribution in [-0.4, -0.2) is 48.8 Å². The average Bonchev–Trinajstić information content (AvgIpc) is 2.60. The smallest absolute Gasteiger partial charge is 0.311 e. The number of nitro groups is 1. The number of nitrogens with zero attached hydrogens (tertiary/aromatic N) is 4. The van der Waals surface area contributed by atoms with Gasteiger partial charge in [-0.25, -0.2) is 13.4 Å². The molecule has 0 spiro atoms. The number of rotatable bonds is 4. The molecule has 1 aliphatic heterocycles. The van der Waals surface area contributed by atoms with Gasteiger partial charge in [0.1, 0.15) is 0 Å². The van der Waals surface area contributed by atoms with Crippen LogP contribution in [0.4, 0.5) is 11.5 Å². The Hall–Kier alpha value is -2.52. The minimum atomic E-state index is -3.62. The van der Waals surface area contributed by atoms with Crippen molar-refractivity contribution in [2.75, 3.05) is 31.1 Å². The number of anilines is 1. The lowest BCUT2D eigenvalue weighted by Crippen LogP contribution is -2.49. The van der Waals surface area contributed by atoms with Crippen LogP contribution in [0.2, 0.25) is 0 Å². The lowest BCUT2D eigenvalue weighted by Gasteiger charge is -2.34. The van der Waals surface area contributed by atoms with Crippen LogP contribution in [0.25, 0.3) is 0 Å². The quantitative estimate of drug-likeness (QED) is 0.588. The topological polar surface area (TPSA) is 96.7 Å². The fourth-order valence-corrected chi connectivity index (χ4v) is 5.45. The maximum atomic E-state index is 13.1. The van der Waals surface area contributed by atoms with Crippen LogP contribution in [0.3, 0.4) is 0 Å². The third-order valence-electron chi connectivity index (χ3n) is 4.70. The van der Waals surface area contributed by atoms with E-state index in [0.717, 1.165) is 16.7 Å². The second-order valence-electron chi connectivity index (χ2n) is 6.72. The van der Waals surface area contributed by atoms with E-state index in [4.69, 9.17) is 0 Å². The summed E-state index contributed by atoms with van der Waals surface area (Å²) in [6, 6.07) is 6.66. The lowest BCUT2D eigenvalue weighted by molar-refractivity contribution is -0.384. The molecule has 2 aromatic rings. The molecule has 2 heterocycles. The second kappa shape index (κ2) is 7.24. The summed E-state index contributed by atoms with van der Waals surface area (Å²) in [5, 5.41) is 11.2. The standard InChI is InChI=1S/C18H22N4O4S/c1-13-11-14(2)17(15(3)12-13)27(25,26)21-9-7-20(8-10-21)18-16(22(23)24)5-4-6-19-18/h4-6,11-12H,7-10H2,1-3H3. The molecule has 1 aliphatic rings. The summed E-state index contributed by atoms with van der Waals surface area (Å²) < 4.78 is 27.7. The molecule has 0 unspecified atom stereocenters. The Morgan fingerprint density at radius 2 is 1.67 bits per heavy atom. The predicted molar refractivity (Wildman–Crippen MR) is 103 cm³/mol. The van der Waals surface area contributed by atoms with Crippen molar-refractivity contribution in [2.45, 2.75) is 25.7 Å². The molecule has 0 amide bonds. The Bertz CT molecular complexity index is 960. The Morgan fingerprint density at radius 3 is 2.22 bits per heavy atom. The molecule has 1 aromatic heterocycles. The van der Waals surface area contributed by atoms with Crippen LogP contribution in [0, 0.1) is 30.9 Å². The summed E-state index contributed by atoms with van der Waals surface area (Å²) in [6.07, 6.45) is 1.50. The highest BCUT2D eigenvalue weighted by molar-refractivity contribution is 7.89. The van der Waals surface area contributed by atoms with E-state index in [-0.39, 0.29) is 24.6 Å². The largest absolute Gasteiger partial charge is 0.348 e. The zero-order chi connectivity index (χ0) is 19.8. The van der Waals surface area contributed by atoms with Gasteiger partial charge in [0, 0.05) is 38.4 Å². The van der Waals surface area contributed by atoms with Crippen molar-refractivity contribution in [3.8, 4) is 0 Å². The maximum Gasteiger partial charge on any atom is 0.311 e. The molecule has 0 radical (unpaired) electrons. The molecule has 0 aliphatic carbocycles. The van der Waals surface area contributed by atoms with Crippen LogP contribution in [0.5, 0.6) is 0 Å². The van der Waals surface area contributed by atoms with E-state index in [2.05, 4.69) is 4.98 Å². The molecule has 3 rings (SSSR count). The monoisotopic (exact) mass is 390 g/mol. The van der Waals surface area contributed by atoms with Gasteiger partial charge >= 0.3 is 5.69 Å². The van der Waals surface area contributed by atoms with Crippen LogP contribution < -0.4 is 4.90 Å². The number of sulfonamides is 1. The van der Waals surface area contributed by atoms with E-state index >= 15 is 0 Å². The zero-order valence-corrected chi connectivity index (χ0v) is 16.4. The third kappa shape index (κ3) is 3.65. The first kappa shape index (κ1) is 19.2. The number of aromatic nitrogens is 1. The van der Waals surface area contributed by atoms with Crippen molar-refractivity contribution in [1.82, 2.24) is 9.29 Å². The van der Waals surface area contributed by atoms with E-state index in [9.17, 15) is 18.5 Å². The van der Waals surface area contributed by atoms with Crippen LogP contribution in [0.1, 0.15) is 16.7 Å². The van der Waals surface area contributed by atoms with Crippen LogP contribution in [0.15, 0.2) is 35.4 Å². The highest BCUT2D eigenvalue weighted by Gasteiger charge is 2.32. The summed E-state index contributed by atoms with van der Waals surface area (Å²) in [4.78, 5) is 17.0. The molecule has 0 saturated carbocycles. The van der Waals surface area contributed by atoms with E-state index in [0.29, 0.717) is 18.0 Å². The van der Waals surface area contributed by atoms with E-state index in [1.807, 2.05) is 19.1 Å². The average molecular weight is 390 g/mol. The van der Waals surface area contributed by atoms with Gasteiger partial charge in [-0.05, 0) is 38.0 Å². The predicted octanol–water partition coefficient (Wildman–Crippen LogP) is 2.43. The molecule has 0 N–H and O–H groups in total. The Morgan fingerprint density at radius 1 is 1.07 bits per heavy atom. The van der Waals surface area contributed by atoms with Crippen molar-refractivity contribution >= 4 is 21.5 Å². The van der Waals surface area contributed by atoms with Gasteiger partial charge in [0.2, 0.25) is 15.8 Å². The maximum absolute atomic E-state index is 13.1. The van der Waals surface area contributed by atoms with Gasteiger partial charge in [0.15, 0.2) is 0 Å². The number of hydrogen-bond acceptors (Lipinski definition) is 6. The first-order valence-electron chi connectivity index (χ1n) is 8.64. The van der Waals surface area contributed by atoms with Crippen LogP contribution >= 0.6 is 0 Å². The number of hydrogen-bond donors (Lipinski definition) is 0. The molecular weight excluding hydrogens is 368 g/mol. The van der Waals surface area contributed by atoms with Crippen molar-refractivity contribution in [3.05, 3.63) is 57.3 Å². The van der Waals surface area contributed by atoms with E-state index in [1.54, 1.807) is 18.7 Å². The molecule has 1 fully saturated rings. The first-order chi connectivity index (χ1) is 12.7. The SMILES string of the molecule is Cc1cc(C)c(S(=O)(=O)N2CCN(c3ncccc3[N+](=O)[O-])CC2)c(C)c1. The lowest BCUT2D eigenvalue weighted by atomic mass is 10.1. The fourth-order valence-electron chi connectivity index (χ4n) is 3.62. The number of pyridine rings is 1. The molecule has 144 valence electrons. The first-order valence-corrected chi connectivity index (χ1v) is 10.1. The van der Waals surface area contributed by atoms with Gasteiger partial charge in [0.05, 0.1) is 9.82 Å². The zero-order valence-electron chi connectivity index (χ0n) is 15.5. The Labute approximate surface area is 158 Å². The third-order valence-corrected chi connectivity index (χ3v) is 6.91. The molecule has 0 bridgehead atoms. The number of piperazine rings is 1. The Balaban J connectivity index is 1.83. The molecule has 1 aromatic carbocycles. The summed E-state index contributed by atoms with van der Waals surface area (Å²) in [6.45, 7) is 6.75. The summed E-state index contributed by atoms with van der Waals surface area (Å²) >= 11 is 0. The van der Waals surface area contributed by atoms with Crippen molar-refractivity contribution in [1.29, 1.82) is 0 Å². The minimum absolute atomic E-state index is 0.0703. The normalized spacial score (nSPS) is 15.7. The van der Waals surface area contributed by atoms with Gasteiger partial charge in [0.25, 0.3) is 0 Å². The van der Waals surface area contributed by atoms with Gasteiger partial charge in [-0.2, -0.15) is 4.31 Å². The van der Waals surface area contributed by atoms with Gasteiger partial charge in [-0.15, -0.1) is 0 Å². The summed E-state index contributed by atoms with van der Waals surface area (Å²) in [5.41, 5.74) is 2.42. The summed E-state index contributed by atoms with van der Waals surface area (Å²) in [7, 11) is -3.62. The van der Waals surface area contributed by atoms with Gasteiger partial charge in [-0.3, -0.25) is 10.1 Å².